The number of rotatable bonds is 7. The van der Waals surface area contributed by atoms with Crippen LogP contribution >= 0.6 is 11.8 Å². The van der Waals surface area contributed by atoms with E-state index in [1.807, 2.05) is 0 Å². The van der Waals surface area contributed by atoms with Crippen LogP contribution in [0.3, 0.4) is 0 Å². The average molecular weight is 418 g/mol. The number of thioether (sulfide) groups is 1. The molecule has 0 spiro atoms. The summed E-state index contributed by atoms with van der Waals surface area (Å²) >= 11 is 0.783. The highest BCUT2D eigenvalue weighted by Gasteiger charge is 2.37. The van der Waals surface area contributed by atoms with E-state index >= 15 is 0 Å². The number of likely N-dealkylation sites (tertiary alicyclic amines) is 1. The number of nitrogens with zero attached hydrogens (tertiary/aromatic N) is 2. The van der Waals surface area contributed by atoms with Gasteiger partial charge in [0.15, 0.2) is 6.61 Å². The van der Waals surface area contributed by atoms with Crippen molar-refractivity contribution in [2.75, 3.05) is 32.8 Å². The third-order valence-electron chi connectivity index (χ3n) is 4.48. The molecular formula is C20H22N2O6S. The van der Waals surface area contributed by atoms with E-state index in [0.717, 1.165) is 29.5 Å². The number of imide groups is 1. The lowest BCUT2D eigenvalue weighted by Gasteiger charge is -2.18. The summed E-state index contributed by atoms with van der Waals surface area (Å²) < 4.78 is 10.3. The average Bonchev–Trinajstić information content (AvgIpc) is 3.33. The van der Waals surface area contributed by atoms with Crippen molar-refractivity contribution < 1.29 is 28.7 Å². The summed E-state index contributed by atoms with van der Waals surface area (Å²) in [7, 11) is 0. The maximum atomic E-state index is 12.7. The van der Waals surface area contributed by atoms with Crippen molar-refractivity contribution in [3.05, 3.63) is 34.7 Å². The molecule has 0 radical (unpaired) electrons. The standard InChI is InChI=1S/C20H22N2O6S/c1-2-27-18(24)13-28-15-8-4-3-7-14(15)11-16-19(25)22(20(26)29-16)12-17(23)21-9-5-6-10-21/h3-4,7-8,11H,2,5-6,9-10,12-13H2,1H3/b16-11+. The Labute approximate surface area is 172 Å². The summed E-state index contributed by atoms with van der Waals surface area (Å²) in [5, 5.41) is -0.473. The van der Waals surface area contributed by atoms with Crippen LogP contribution in [-0.4, -0.2) is 65.7 Å². The van der Waals surface area contributed by atoms with E-state index in [9.17, 15) is 19.2 Å². The van der Waals surface area contributed by atoms with Gasteiger partial charge < -0.3 is 14.4 Å². The molecule has 0 atom stereocenters. The highest BCUT2D eigenvalue weighted by molar-refractivity contribution is 8.18. The number of carbonyl (C=O) groups excluding carboxylic acids is 4. The van der Waals surface area contributed by atoms with Gasteiger partial charge in [0, 0.05) is 18.7 Å². The first-order chi connectivity index (χ1) is 14.0. The molecule has 3 rings (SSSR count). The van der Waals surface area contributed by atoms with E-state index in [1.54, 1.807) is 36.1 Å². The Hall–Kier alpha value is -2.81. The van der Waals surface area contributed by atoms with Crippen molar-refractivity contribution in [3.8, 4) is 5.75 Å². The zero-order valence-corrected chi connectivity index (χ0v) is 16.9. The third kappa shape index (κ3) is 5.17. The quantitative estimate of drug-likeness (QED) is 0.495. The van der Waals surface area contributed by atoms with Gasteiger partial charge in [-0.15, -0.1) is 0 Å². The van der Waals surface area contributed by atoms with E-state index in [0.29, 0.717) is 24.4 Å². The Morgan fingerprint density at radius 1 is 1.17 bits per heavy atom. The fourth-order valence-corrected chi connectivity index (χ4v) is 3.88. The fourth-order valence-electron chi connectivity index (χ4n) is 3.05. The number of hydrogen-bond acceptors (Lipinski definition) is 7. The number of esters is 1. The number of para-hydroxylation sites is 1. The Bertz CT molecular complexity index is 847. The number of benzene rings is 1. The molecule has 1 aromatic rings. The Kier molecular flexibility index (Phi) is 6.92. The summed E-state index contributed by atoms with van der Waals surface area (Å²) in [6.07, 6.45) is 3.41. The second-order valence-corrected chi connectivity index (χ2v) is 7.48. The lowest BCUT2D eigenvalue weighted by atomic mass is 10.2. The molecule has 2 fully saturated rings. The summed E-state index contributed by atoms with van der Waals surface area (Å²) in [5.74, 6) is -0.833. The lowest BCUT2D eigenvalue weighted by molar-refractivity contribution is -0.145. The van der Waals surface area contributed by atoms with Crippen LogP contribution in [0.5, 0.6) is 5.75 Å². The van der Waals surface area contributed by atoms with Crippen molar-refractivity contribution in [1.82, 2.24) is 9.80 Å². The van der Waals surface area contributed by atoms with Gasteiger partial charge in [-0.1, -0.05) is 18.2 Å². The molecule has 154 valence electrons. The minimum absolute atomic E-state index is 0.205. The second kappa shape index (κ2) is 9.60. The van der Waals surface area contributed by atoms with Crippen molar-refractivity contribution in [2.24, 2.45) is 0 Å². The van der Waals surface area contributed by atoms with Gasteiger partial charge >= 0.3 is 5.97 Å². The minimum Gasteiger partial charge on any atom is -0.481 e. The van der Waals surface area contributed by atoms with Gasteiger partial charge in [0.1, 0.15) is 12.3 Å². The fraction of sp³-hybridized carbons (Fsp3) is 0.400. The van der Waals surface area contributed by atoms with Crippen LogP contribution in [0.2, 0.25) is 0 Å². The monoisotopic (exact) mass is 418 g/mol. The molecule has 2 aliphatic heterocycles. The number of ether oxygens (including phenoxy) is 2. The van der Waals surface area contributed by atoms with Crippen molar-refractivity contribution >= 4 is 40.9 Å². The normalized spacial score (nSPS) is 17.9. The second-order valence-electron chi connectivity index (χ2n) is 6.49. The van der Waals surface area contributed by atoms with Crippen LogP contribution in [0.1, 0.15) is 25.3 Å². The zero-order chi connectivity index (χ0) is 20.8. The van der Waals surface area contributed by atoms with Gasteiger partial charge in [0.05, 0.1) is 11.5 Å². The Morgan fingerprint density at radius 3 is 2.62 bits per heavy atom. The Balaban J connectivity index is 1.70. The number of carbonyl (C=O) groups is 4. The van der Waals surface area contributed by atoms with Gasteiger partial charge in [-0.25, -0.2) is 4.79 Å². The van der Waals surface area contributed by atoms with Crippen LogP contribution in [0, 0.1) is 0 Å². The summed E-state index contributed by atoms with van der Waals surface area (Å²) in [6, 6.07) is 6.86. The lowest BCUT2D eigenvalue weighted by Crippen LogP contribution is -2.40. The molecule has 9 heteroatoms. The first-order valence-corrected chi connectivity index (χ1v) is 10.2. The van der Waals surface area contributed by atoms with E-state index < -0.39 is 17.1 Å². The molecule has 8 nitrogen and oxygen atoms in total. The van der Waals surface area contributed by atoms with E-state index in [4.69, 9.17) is 9.47 Å². The van der Waals surface area contributed by atoms with Crippen LogP contribution in [0.25, 0.3) is 6.08 Å². The first kappa shape index (κ1) is 20.9. The van der Waals surface area contributed by atoms with Crippen LogP contribution in [-0.2, 0) is 19.1 Å². The Morgan fingerprint density at radius 2 is 1.90 bits per heavy atom. The van der Waals surface area contributed by atoms with Crippen molar-refractivity contribution in [3.63, 3.8) is 0 Å². The molecule has 0 aromatic heterocycles. The SMILES string of the molecule is CCOC(=O)COc1ccccc1/C=C1/SC(=O)N(CC(=O)N2CCCC2)C1=O. The highest BCUT2D eigenvalue weighted by atomic mass is 32.2. The highest BCUT2D eigenvalue weighted by Crippen LogP contribution is 2.34. The summed E-state index contributed by atoms with van der Waals surface area (Å²) in [5.41, 5.74) is 0.549. The maximum absolute atomic E-state index is 12.7. The molecule has 2 saturated heterocycles. The molecule has 0 aliphatic carbocycles. The number of hydrogen-bond donors (Lipinski definition) is 0. The molecule has 0 unspecified atom stereocenters. The van der Waals surface area contributed by atoms with E-state index in [1.165, 1.54) is 6.08 Å². The topological polar surface area (TPSA) is 93.2 Å². The third-order valence-corrected chi connectivity index (χ3v) is 5.39. The predicted molar refractivity (Wildman–Crippen MR) is 107 cm³/mol. The van der Waals surface area contributed by atoms with Crippen molar-refractivity contribution in [2.45, 2.75) is 19.8 Å². The zero-order valence-electron chi connectivity index (χ0n) is 16.1. The maximum Gasteiger partial charge on any atom is 0.344 e. The van der Waals surface area contributed by atoms with Crippen LogP contribution < -0.4 is 4.74 Å². The van der Waals surface area contributed by atoms with Crippen LogP contribution in [0.15, 0.2) is 29.2 Å². The molecule has 2 heterocycles. The first-order valence-electron chi connectivity index (χ1n) is 9.40. The van der Waals surface area contributed by atoms with Crippen LogP contribution in [0.4, 0.5) is 4.79 Å². The van der Waals surface area contributed by atoms with Gasteiger partial charge in [-0.3, -0.25) is 19.3 Å². The molecule has 0 N–H and O–H groups in total. The molecule has 1 aromatic carbocycles. The number of amides is 3. The van der Waals surface area contributed by atoms with Gasteiger partial charge in [-0.2, -0.15) is 0 Å². The van der Waals surface area contributed by atoms with Gasteiger partial charge in [-0.05, 0) is 43.7 Å². The van der Waals surface area contributed by atoms with E-state index in [-0.39, 0.29) is 30.6 Å². The van der Waals surface area contributed by atoms with E-state index in [2.05, 4.69) is 0 Å². The minimum atomic E-state index is -0.507. The molecule has 0 bridgehead atoms. The molecule has 2 aliphatic rings. The molecule has 0 saturated carbocycles. The van der Waals surface area contributed by atoms with Crippen molar-refractivity contribution in [1.29, 1.82) is 0 Å². The smallest absolute Gasteiger partial charge is 0.344 e. The van der Waals surface area contributed by atoms with Gasteiger partial charge in [0.2, 0.25) is 5.91 Å². The largest absolute Gasteiger partial charge is 0.481 e. The summed E-state index contributed by atoms with van der Waals surface area (Å²) in [4.78, 5) is 51.6. The molecular weight excluding hydrogens is 396 g/mol. The molecule has 29 heavy (non-hydrogen) atoms. The summed E-state index contributed by atoms with van der Waals surface area (Å²) in [6.45, 7) is 2.78. The van der Waals surface area contributed by atoms with Gasteiger partial charge in [0.25, 0.3) is 11.1 Å². The predicted octanol–water partition coefficient (Wildman–Crippen LogP) is 2.29. The molecule has 3 amide bonds.